The Kier molecular flexibility index (Phi) is 8.33. The minimum absolute atomic E-state index is 0.0222. The molecule has 3 N–H and O–H groups in total. The van der Waals surface area contributed by atoms with Crippen molar-refractivity contribution < 1.29 is 27.9 Å². The number of nitrogens with one attached hydrogen (secondary N) is 3. The van der Waals surface area contributed by atoms with Crippen molar-refractivity contribution in [2.45, 2.75) is 19.0 Å². The van der Waals surface area contributed by atoms with E-state index in [0.717, 1.165) is 17.8 Å². The molecule has 43 heavy (non-hydrogen) atoms. The van der Waals surface area contributed by atoms with Crippen LogP contribution in [0.2, 0.25) is 0 Å². The quantitative estimate of drug-likeness (QED) is 0.151. The van der Waals surface area contributed by atoms with E-state index in [4.69, 9.17) is 14.2 Å². The third-order valence-corrected chi connectivity index (χ3v) is 6.70. The van der Waals surface area contributed by atoms with E-state index in [-0.39, 0.29) is 36.1 Å². The van der Waals surface area contributed by atoms with Crippen LogP contribution in [-0.2, 0) is 6.54 Å². The topological polar surface area (TPSA) is 156 Å². The minimum Gasteiger partial charge on any atom is -0.497 e. The Morgan fingerprint density at radius 3 is 2.72 bits per heavy atom. The van der Waals surface area contributed by atoms with Gasteiger partial charge in [-0.3, -0.25) is 10.1 Å². The van der Waals surface area contributed by atoms with Crippen LogP contribution in [0.3, 0.4) is 0 Å². The maximum Gasteiger partial charge on any atom is 0.329 e. The highest BCUT2D eigenvalue weighted by Crippen LogP contribution is 2.38. The SMILES string of the molecule is COc1ccc(CNc2ccc(C#N)cc2Nc2ncc([N+](=O)[O-])c(NC3CCOc4c(F)cc(F)cc43)n2)c(OC)c1. The van der Waals surface area contributed by atoms with Crippen molar-refractivity contribution in [3.63, 3.8) is 0 Å². The molecule has 1 aromatic heterocycles. The van der Waals surface area contributed by atoms with Crippen LogP contribution in [0.4, 0.5) is 37.6 Å². The Labute approximate surface area is 244 Å². The molecule has 1 unspecified atom stereocenters. The van der Waals surface area contributed by atoms with E-state index in [0.29, 0.717) is 41.0 Å². The van der Waals surface area contributed by atoms with Crippen molar-refractivity contribution in [1.29, 1.82) is 5.26 Å². The average Bonchev–Trinajstić information content (AvgIpc) is 3.00. The van der Waals surface area contributed by atoms with Crippen LogP contribution < -0.4 is 30.2 Å². The monoisotopic (exact) mass is 589 g/mol. The minimum atomic E-state index is -0.870. The van der Waals surface area contributed by atoms with Crippen LogP contribution in [0.5, 0.6) is 17.2 Å². The second-order valence-corrected chi connectivity index (χ2v) is 9.35. The lowest BCUT2D eigenvalue weighted by atomic mass is 10.00. The van der Waals surface area contributed by atoms with Gasteiger partial charge in [0, 0.05) is 36.2 Å². The fraction of sp³-hybridized carbons (Fsp3) is 0.207. The molecule has 4 aromatic rings. The maximum absolute atomic E-state index is 14.3. The Hall–Kier alpha value is -5.71. The number of benzene rings is 3. The van der Waals surface area contributed by atoms with Gasteiger partial charge >= 0.3 is 5.69 Å². The second-order valence-electron chi connectivity index (χ2n) is 9.35. The predicted molar refractivity (Wildman–Crippen MR) is 153 cm³/mol. The first-order valence-corrected chi connectivity index (χ1v) is 12.9. The molecule has 0 radical (unpaired) electrons. The molecule has 3 aromatic carbocycles. The van der Waals surface area contributed by atoms with Gasteiger partial charge in [0.2, 0.25) is 11.8 Å². The lowest BCUT2D eigenvalue weighted by Gasteiger charge is -2.27. The summed E-state index contributed by atoms with van der Waals surface area (Å²) in [5.74, 6) is -0.745. The zero-order valence-electron chi connectivity index (χ0n) is 23.0. The molecule has 5 rings (SSSR count). The smallest absolute Gasteiger partial charge is 0.329 e. The number of fused-ring (bicyclic) bond motifs is 1. The van der Waals surface area contributed by atoms with E-state index in [1.807, 2.05) is 6.07 Å². The molecule has 220 valence electrons. The van der Waals surface area contributed by atoms with Crippen molar-refractivity contribution in [3.05, 3.63) is 93.2 Å². The van der Waals surface area contributed by atoms with E-state index < -0.39 is 28.3 Å². The van der Waals surface area contributed by atoms with Gasteiger partial charge in [-0.15, -0.1) is 0 Å². The van der Waals surface area contributed by atoms with Gasteiger partial charge in [0.1, 0.15) is 23.5 Å². The van der Waals surface area contributed by atoms with Crippen molar-refractivity contribution in [2.24, 2.45) is 0 Å². The average molecular weight is 590 g/mol. The van der Waals surface area contributed by atoms with Gasteiger partial charge in [0.05, 0.1) is 54.8 Å². The van der Waals surface area contributed by atoms with Gasteiger partial charge in [-0.1, -0.05) is 0 Å². The van der Waals surface area contributed by atoms with Gasteiger partial charge in [0.25, 0.3) is 0 Å². The molecule has 0 saturated heterocycles. The number of nitrogens with zero attached hydrogens (tertiary/aromatic N) is 4. The summed E-state index contributed by atoms with van der Waals surface area (Å²) in [6.45, 7) is 0.449. The zero-order chi connectivity index (χ0) is 30.5. The summed E-state index contributed by atoms with van der Waals surface area (Å²) in [5, 5.41) is 30.5. The number of rotatable bonds is 10. The molecule has 0 aliphatic carbocycles. The fourth-order valence-electron chi connectivity index (χ4n) is 4.60. The van der Waals surface area contributed by atoms with E-state index in [1.54, 1.807) is 44.6 Å². The van der Waals surface area contributed by atoms with Crippen LogP contribution in [0.1, 0.15) is 29.2 Å². The van der Waals surface area contributed by atoms with Gasteiger partial charge < -0.3 is 30.2 Å². The summed E-state index contributed by atoms with van der Waals surface area (Å²) in [4.78, 5) is 19.5. The number of aromatic nitrogens is 2. The summed E-state index contributed by atoms with van der Waals surface area (Å²) >= 11 is 0. The van der Waals surface area contributed by atoms with Crippen LogP contribution in [-0.4, -0.2) is 35.7 Å². The molecule has 0 amide bonds. The van der Waals surface area contributed by atoms with E-state index in [9.17, 15) is 24.2 Å². The lowest BCUT2D eigenvalue weighted by Crippen LogP contribution is -2.22. The predicted octanol–water partition coefficient (Wildman–Crippen LogP) is 5.84. The van der Waals surface area contributed by atoms with Crippen molar-refractivity contribution in [3.8, 4) is 23.3 Å². The number of halogens is 2. The number of hydrogen-bond donors (Lipinski definition) is 3. The highest BCUT2D eigenvalue weighted by Gasteiger charge is 2.28. The van der Waals surface area contributed by atoms with Crippen LogP contribution in [0, 0.1) is 33.1 Å². The van der Waals surface area contributed by atoms with Gasteiger partial charge in [-0.05, 0) is 36.4 Å². The third-order valence-electron chi connectivity index (χ3n) is 6.70. The van der Waals surface area contributed by atoms with Gasteiger partial charge in [0.15, 0.2) is 11.6 Å². The normalized spacial score (nSPS) is 13.6. The Morgan fingerprint density at radius 1 is 1.14 bits per heavy atom. The first kappa shape index (κ1) is 28.8. The Balaban J connectivity index is 1.44. The van der Waals surface area contributed by atoms with E-state index in [1.165, 1.54) is 0 Å². The number of nitro groups is 1. The fourth-order valence-corrected chi connectivity index (χ4v) is 4.60. The van der Waals surface area contributed by atoms with Crippen LogP contribution in [0.15, 0.2) is 54.7 Å². The van der Waals surface area contributed by atoms with Gasteiger partial charge in [-0.25, -0.2) is 13.8 Å². The highest BCUT2D eigenvalue weighted by atomic mass is 19.1. The largest absolute Gasteiger partial charge is 0.497 e. The molecule has 0 fully saturated rings. The number of ether oxygens (including phenoxy) is 3. The molecule has 2 heterocycles. The summed E-state index contributed by atoms with van der Waals surface area (Å²) in [5.41, 5.74) is 1.92. The van der Waals surface area contributed by atoms with Crippen LogP contribution in [0.25, 0.3) is 0 Å². The molecule has 0 spiro atoms. The standard InChI is InChI=1S/C29H25F2N7O5/c1-41-19-5-4-17(26(12-19)42-2)14-33-23-6-3-16(13-32)9-24(23)36-29-34-15-25(38(39)40)28(37-29)35-22-7-8-43-27-20(22)10-18(30)11-21(27)31/h3-6,9-12,15,22,33H,7-8,14H2,1-2H3,(H2,34,35,36,37). The number of methoxy groups -OCH3 is 2. The van der Waals surface area contributed by atoms with Crippen molar-refractivity contribution >= 4 is 28.8 Å². The molecule has 12 nitrogen and oxygen atoms in total. The molecule has 1 aliphatic heterocycles. The molecule has 0 saturated carbocycles. The second kappa shape index (κ2) is 12.4. The number of hydrogen-bond acceptors (Lipinski definition) is 11. The van der Waals surface area contributed by atoms with Crippen LogP contribution >= 0.6 is 0 Å². The number of nitriles is 1. The van der Waals surface area contributed by atoms with Gasteiger partial charge in [-0.2, -0.15) is 10.2 Å². The summed E-state index contributed by atoms with van der Waals surface area (Å²) in [6, 6.07) is 13.5. The first-order chi connectivity index (χ1) is 20.8. The molecule has 14 heteroatoms. The third kappa shape index (κ3) is 6.30. The first-order valence-electron chi connectivity index (χ1n) is 12.9. The summed E-state index contributed by atoms with van der Waals surface area (Å²) < 4.78 is 44.4. The molecule has 1 atom stereocenters. The molecular formula is C29H25F2N7O5. The highest BCUT2D eigenvalue weighted by molar-refractivity contribution is 5.75. The Morgan fingerprint density at radius 2 is 1.98 bits per heavy atom. The van der Waals surface area contributed by atoms with Crippen molar-refractivity contribution in [1.82, 2.24) is 9.97 Å². The molecular weight excluding hydrogens is 564 g/mol. The zero-order valence-corrected chi connectivity index (χ0v) is 23.0. The van der Waals surface area contributed by atoms with Crippen molar-refractivity contribution in [2.75, 3.05) is 36.8 Å². The van der Waals surface area contributed by atoms with E-state index in [2.05, 4.69) is 32.0 Å². The Bertz CT molecular complexity index is 1730. The molecule has 1 aliphatic rings. The molecule has 0 bridgehead atoms. The summed E-state index contributed by atoms with van der Waals surface area (Å²) in [7, 11) is 3.11. The maximum atomic E-state index is 14.3. The van der Waals surface area contributed by atoms with E-state index >= 15 is 0 Å². The summed E-state index contributed by atoms with van der Waals surface area (Å²) in [6.07, 6.45) is 1.29. The lowest BCUT2D eigenvalue weighted by molar-refractivity contribution is -0.384. The number of anilines is 4.